The lowest BCUT2D eigenvalue weighted by atomic mass is 10.0. The molecule has 1 aliphatic heterocycles. The van der Waals surface area contributed by atoms with E-state index in [-0.39, 0.29) is 17.7 Å². The van der Waals surface area contributed by atoms with Crippen LogP contribution in [0.25, 0.3) is 0 Å². The number of benzene rings is 2. The molecule has 0 bridgehead atoms. The van der Waals surface area contributed by atoms with Gasteiger partial charge in [-0.1, -0.05) is 6.07 Å². The van der Waals surface area contributed by atoms with E-state index in [0.717, 1.165) is 11.3 Å². The van der Waals surface area contributed by atoms with Gasteiger partial charge in [0.15, 0.2) is 0 Å². The highest BCUT2D eigenvalue weighted by Crippen LogP contribution is 2.34. The zero-order chi connectivity index (χ0) is 15.7. The predicted molar refractivity (Wildman–Crippen MR) is 82.6 cm³/mol. The first kappa shape index (κ1) is 13.8. The third-order valence-corrected chi connectivity index (χ3v) is 3.68. The molecule has 0 aromatic heterocycles. The lowest BCUT2D eigenvalue weighted by Crippen LogP contribution is -2.12. The molecule has 0 fully saturated rings. The van der Waals surface area contributed by atoms with Gasteiger partial charge in [-0.15, -0.1) is 0 Å². The Morgan fingerprint density at radius 3 is 2.86 bits per heavy atom. The molecule has 5 nitrogen and oxygen atoms in total. The molecule has 3 rings (SSSR count). The number of nitriles is 1. The Hall–Kier alpha value is -3.13. The predicted octanol–water partition coefficient (Wildman–Crippen LogP) is 2.87. The van der Waals surface area contributed by atoms with Crippen LogP contribution in [0, 0.1) is 11.3 Å². The molecule has 108 valence electrons. The van der Waals surface area contributed by atoms with Gasteiger partial charge in [0.2, 0.25) is 5.91 Å². The average molecular weight is 291 g/mol. The Kier molecular flexibility index (Phi) is 3.36. The number of carbonyl (C=O) groups is 2. The number of nitrogens with zero attached hydrogens (tertiary/aromatic N) is 1. The lowest BCUT2D eigenvalue weighted by molar-refractivity contribution is -0.116. The number of hydrogen-bond acceptors (Lipinski definition) is 3. The van der Waals surface area contributed by atoms with Crippen LogP contribution in [0.1, 0.15) is 34.3 Å². The Morgan fingerprint density at radius 2 is 2.09 bits per heavy atom. The molecule has 1 aliphatic rings. The monoisotopic (exact) mass is 291 g/mol. The van der Waals surface area contributed by atoms with E-state index in [1.165, 1.54) is 6.07 Å². The SMILES string of the molecule is CC1C(=O)Nc2ccc(NC(=O)c3cccc(C#N)c3)cc21. The summed E-state index contributed by atoms with van der Waals surface area (Å²) in [5.41, 5.74) is 3.12. The van der Waals surface area contributed by atoms with Crippen LogP contribution in [0.3, 0.4) is 0 Å². The smallest absolute Gasteiger partial charge is 0.255 e. The van der Waals surface area contributed by atoms with Gasteiger partial charge in [0.25, 0.3) is 5.91 Å². The van der Waals surface area contributed by atoms with Crippen molar-refractivity contribution in [1.82, 2.24) is 0 Å². The van der Waals surface area contributed by atoms with E-state index in [4.69, 9.17) is 5.26 Å². The minimum Gasteiger partial charge on any atom is -0.325 e. The number of anilines is 2. The maximum Gasteiger partial charge on any atom is 0.255 e. The molecule has 5 heteroatoms. The highest BCUT2D eigenvalue weighted by molar-refractivity contribution is 6.06. The molecule has 2 aromatic rings. The van der Waals surface area contributed by atoms with Crippen molar-refractivity contribution in [2.45, 2.75) is 12.8 Å². The summed E-state index contributed by atoms with van der Waals surface area (Å²) in [7, 11) is 0. The van der Waals surface area contributed by atoms with Gasteiger partial charge in [0, 0.05) is 16.9 Å². The number of fused-ring (bicyclic) bond motifs is 1. The van der Waals surface area contributed by atoms with Crippen molar-refractivity contribution in [2.24, 2.45) is 0 Å². The molecule has 1 unspecified atom stereocenters. The second-order valence-corrected chi connectivity index (χ2v) is 5.16. The first-order valence-corrected chi connectivity index (χ1v) is 6.85. The second kappa shape index (κ2) is 5.34. The van der Waals surface area contributed by atoms with Crippen molar-refractivity contribution >= 4 is 23.2 Å². The summed E-state index contributed by atoms with van der Waals surface area (Å²) in [4.78, 5) is 23.9. The maximum absolute atomic E-state index is 12.2. The summed E-state index contributed by atoms with van der Waals surface area (Å²) in [5, 5.41) is 14.4. The molecule has 0 aliphatic carbocycles. The van der Waals surface area contributed by atoms with E-state index >= 15 is 0 Å². The van der Waals surface area contributed by atoms with Gasteiger partial charge in [-0.2, -0.15) is 5.26 Å². The summed E-state index contributed by atoms with van der Waals surface area (Å²) in [6, 6.07) is 13.8. The summed E-state index contributed by atoms with van der Waals surface area (Å²) < 4.78 is 0. The van der Waals surface area contributed by atoms with Gasteiger partial charge in [0.05, 0.1) is 17.6 Å². The first-order valence-electron chi connectivity index (χ1n) is 6.85. The van der Waals surface area contributed by atoms with Gasteiger partial charge < -0.3 is 10.6 Å². The summed E-state index contributed by atoms with van der Waals surface area (Å²) in [6.07, 6.45) is 0. The average Bonchev–Trinajstić information content (AvgIpc) is 2.82. The fourth-order valence-corrected chi connectivity index (χ4v) is 2.43. The topological polar surface area (TPSA) is 82.0 Å². The van der Waals surface area contributed by atoms with Crippen molar-refractivity contribution in [2.75, 3.05) is 10.6 Å². The van der Waals surface area contributed by atoms with Gasteiger partial charge in [-0.3, -0.25) is 9.59 Å². The van der Waals surface area contributed by atoms with Crippen LogP contribution in [0.2, 0.25) is 0 Å². The number of hydrogen-bond donors (Lipinski definition) is 2. The number of amides is 2. The Morgan fingerprint density at radius 1 is 1.27 bits per heavy atom. The highest BCUT2D eigenvalue weighted by atomic mass is 16.2. The molecule has 1 atom stereocenters. The molecule has 2 aromatic carbocycles. The molecule has 22 heavy (non-hydrogen) atoms. The van der Waals surface area contributed by atoms with Crippen molar-refractivity contribution < 1.29 is 9.59 Å². The van der Waals surface area contributed by atoms with Crippen LogP contribution < -0.4 is 10.6 Å². The third kappa shape index (κ3) is 2.42. The summed E-state index contributed by atoms with van der Waals surface area (Å²) in [6.45, 7) is 1.82. The van der Waals surface area contributed by atoms with Crippen LogP contribution in [0.4, 0.5) is 11.4 Å². The lowest BCUT2D eigenvalue weighted by Gasteiger charge is -2.08. The molecule has 0 saturated carbocycles. The maximum atomic E-state index is 12.2. The van der Waals surface area contributed by atoms with Crippen molar-refractivity contribution in [3.8, 4) is 6.07 Å². The largest absolute Gasteiger partial charge is 0.325 e. The van der Waals surface area contributed by atoms with Crippen molar-refractivity contribution in [3.05, 3.63) is 59.2 Å². The standard InChI is InChI=1S/C17H13N3O2/c1-10-14-8-13(5-6-15(14)20-16(10)21)19-17(22)12-4-2-3-11(7-12)9-18/h2-8,10H,1H3,(H,19,22)(H,20,21). The fourth-order valence-electron chi connectivity index (χ4n) is 2.43. The molecule has 0 radical (unpaired) electrons. The van der Waals surface area contributed by atoms with E-state index in [1.807, 2.05) is 13.0 Å². The normalized spacial score (nSPS) is 15.6. The van der Waals surface area contributed by atoms with E-state index in [1.54, 1.807) is 36.4 Å². The van der Waals surface area contributed by atoms with Crippen LogP contribution in [0.5, 0.6) is 0 Å². The minimum absolute atomic E-state index is 0.0415. The van der Waals surface area contributed by atoms with Gasteiger partial charge in [-0.25, -0.2) is 0 Å². The zero-order valence-electron chi connectivity index (χ0n) is 11.9. The Bertz CT molecular complexity index is 821. The molecule has 0 spiro atoms. The van der Waals surface area contributed by atoms with Crippen LogP contribution in [-0.4, -0.2) is 11.8 Å². The van der Waals surface area contributed by atoms with Gasteiger partial charge >= 0.3 is 0 Å². The summed E-state index contributed by atoms with van der Waals surface area (Å²) >= 11 is 0. The molecule has 1 heterocycles. The molecule has 2 N–H and O–H groups in total. The van der Waals surface area contributed by atoms with Crippen LogP contribution in [-0.2, 0) is 4.79 Å². The van der Waals surface area contributed by atoms with Crippen LogP contribution in [0.15, 0.2) is 42.5 Å². The number of rotatable bonds is 2. The first-order chi connectivity index (χ1) is 10.6. The number of carbonyl (C=O) groups excluding carboxylic acids is 2. The van der Waals surface area contributed by atoms with E-state index < -0.39 is 0 Å². The molecular formula is C17H13N3O2. The Labute approximate surface area is 127 Å². The molecule has 2 amide bonds. The second-order valence-electron chi connectivity index (χ2n) is 5.16. The molecule has 0 saturated heterocycles. The van der Waals surface area contributed by atoms with E-state index in [2.05, 4.69) is 10.6 Å². The highest BCUT2D eigenvalue weighted by Gasteiger charge is 2.26. The van der Waals surface area contributed by atoms with Crippen molar-refractivity contribution in [1.29, 1.82) is 5.26 Å². The van der Waals surface area contributed by atoms with Gasteiger partial charge in [-0.05, 0) is 48.9 Å². The minimum atomic E-state index is -0.290. The zero-order valence-corrected chi connectivity index (χ0v) is 11.9. The summed E-state index contributed by atoms with van der Waals surface area (Å²) in [5.74, 6) is -0.559. The van der Waals surface area contributed by atoms with Gasteiger partial charge in [0.1, 0.15) is 0 Å². The van der Waals surface area contributed by atoms with E-state index in [9.17, 15) is 9.59 Å². The number of nitrogens with one attached hydrogen (secondary N) is 2. The van der Waals surface area contributed by atoms with E-state index in [0.29, 0.717) is 16.8 Å². The fraction of sp³-hybridized carbons (Fsp3) is 0.118. The van der Waals surface area contributed by atoms with Crippen LogP contribution >= 0.6 is 0 Å². The quantitative estimate of drug-likeness (QED) is 0.892. The third-order valence-electron chi connectivity index (χ3n) is 3.68. The Balaban J connectivity index is 1.84. The van der Waals surface area contributed by atoms with Crippen molar-refractivity contribution in [3.63, 3.8) is 0 Å². The molecular weight excluding hydrogens is 278 g/mol.